The van der Waals surface area contributed by atoms with Crippen molar-refractivity contribution in [2.45, 2.75) is 11.9 Å². The second-order valence-electron chi connectivity index (χ2n) is 4.84. The first-order valence-corrected chi connectivity index (χ1v) is 8.45. The molecule has 0 fully saturated rings. The van der Waals surface area contributed by atoms with Gasteiger partial charge in [0, 0.05) is 0 Å². The third-order valence-electron chi connectivity index (χ3n) is 3.20. The number of hydrogen-bond donors (Lipinski definition) is 1. The lowest BCUT2D eigenvalue weighted by molar-refractivity contribution is -0.387. The van der Waals surface area contributed by atoms with E-state index in [2.05, 4.69) is 25.7 Å². The molecule has 0 bridgehead atoms. The summed E-state index contributed by atoms with van der Waals surface area (Å²) in [6.07, 6.45) is 0. The standard InChI is InChI=1S/C14H13N7O4S/c1-2-25-10(22)8-26-14-12(21(23)24)11(13-15-18-19-16-13)20(17-14)9-6-4-3-5-7-9/h3-7H,2,8H2,1H3,(H,15,16,18,19). The number of nitro groups is 1. The Morgan fingerprint density at radius 3 is 2.77 bits per heavy atom. The third-order valence-corrected chi connectivity index (χ3v) is 4.13. The van der Waals surface area contributed by atoms with E-state index in [4.69, 9.17) is 4.74 Å². The highest BCUT2D eigenvalue weighted by atomic mass is 32.2. The minimum Gasteiger partial charge on any atom is -0.465 e. The molecule has 0 spiro atoms. The number of aromatic nitrogens is 6. The number of nitrogens with zero attached hydrogens (tertiary/aromatic N) is 6. The fourth-order valence-corrected chi connectivity index (χ4v) is 2.99. The van der Waals surface area contributed by atoms with E-state index in [1.165, 1.54) is 4.68 Å². The molecule has 0 aliphatic rings. The summed E-state index contributed by atoms with van der Waals surface area (Å²) in [4.78, 5) is 22.7. The molecule has 12 heteroatoms. The van der Waals surface area contributed by atoms with Gasteiger partial charge in [-0.1, -0.05) is 30.0 Å². The zero-order valence-electron chi connectivity index (χ0n) is 13.5. The van der Waals surface area contributed by atoms with Crippen molar-refractivity contribution in [2.24, 2.45) is 0 Å². The molecule has 3 rings (SSSR count). The Morgan fingerprint density at radius 2 is 2.15 bits per heavy atom. The zero-order chi connectivity index (χ0) is 18.5. The molecule has 0 unspecified atom stereocenters. The van der Waals surface area contributed by atoms with E-state index in [0.29, 0.717) is 5.69 Å². The number of H-pyrrole nitrogens is 1. The zero-order valence-corrected chi connectivity index (χ0v) is 14.3. The number of para-hydroxylation sites is 1. The number of carbonyl (C=O) groups excluding carboxylic acids is 1. The van der Waals surface area contributed by atoms with Gasteiger partial charge in [0.1, 0.15) is 0 Å². The molecule has 0 aliphatic heterocycles. The molecule has 26 heavy (non-hydrogen) atoms. The van der Waals surface area contributed by atoms with Crippen LogP contribution >= 0.6 is 11.8 Å². The highest BCUT2D eigenvalue weighted by Crippen LogP contribution is 2.38. The Bertz CT molecular complexity index is 911. The van der Waals surface area contributed by atoms with Crippen molar-refractivity contribution in [1.29, 1.82) is 0 Å². The van der Waals surface area contributed by atoms with Crippen LogP contribution in [0, 0.1) is 10.1 Å². The molecule has 0 aliphatic carbocycles. The van der Waals surface area contributed by atoms with Gasteiger partial charge in [-0.15, -0.1) is 10.2 Å². The number of hydrogen-bond acceptors (Lipinski definition) is 9. The Morgan fingerprint density at radius 1 is 1.38 bits per heavy atom. The van der Waals surface area contributed by atoms with Gasteiger partial charge < -0.3 is 4.74 Å². The van der Waals surface area contributed by atoms with Crippen molar-refractivity contribution < 1.29 is 14.5 Å². The number of thioether (sulfide) groups is 1. The van der Waals surface area contributed by atoms with Gasteiger partial charge in [-0.3, -0.25) is 14.9 Å². The van der Waals surface area contributed by atoms with Crippen LogP contribution in [0.4, 0.5) is 5.69 Å². The first-order chi connectivity index (χ1) is 12.6. The minimum atomic E-state index is -0.578. The van der Waals surface area contributed by atoms with Gasteiger partial charge in [0.15, 0.2) is 10.7 Å². The molecule has 0 atom stereocenters. The molecule has 1 aromatic carbocycles. The van der Waals surface area contributed by atoms with E-state index in [9.17, 15) is 14.9 Å². The van der Waals surface area contributed by atoms with Crippen LogP contribution in [-0.2, 0) is 9.53 Å². The summed E-state index contributed by atoms with van der Waals surface area (Å²) in [5, 5.41) is 29.5. The maximum absolute atomic E-state index is 11.7. The molecule has 0 saturated carbocycles. The molecule has 2 aromatic heterocycles. The highest BCUT2D eigenvalue weighted by Gasteiger charge is 2.32. The second kappa shape index (κ2) is 7.74. The predicted octanol–water partition coefficient (Wildman–Crippen LogP) is 1.62. The minimum absolute atomic E-state index is 0.0241. The number of esters is 1. The summed E-state index contributed by atoms with van der Waals surface area (Å²) in [5.41, 5.74) is 0.351. The Hall–Kier alpha value is -3.28. The van der Waals surface area contributed by atoms with Crippen LogP contribution in [0.1, 0.15) is 6.92 Å². The second-order valence-corrected chi connectivity index (χ2v) is 5.80. The maximum Gasteiger partial charge on any atom is 0.332 e. The first-order valence-electron chi connectivity index (χ1n) is 7.47. The fraction of sp³-hybridized carbons (Fsp3) is 0.214. The fourth-order valence-electron chi connectivity index (χ4n) is 2.20. The molecular formula is C14H13N7O4S. The molecular weight excluding hydrogens is 362 g/mol. The van der Waals surface area contributed by atoms with Gasteiger partial charge >= 0.3 is 11.7 Å². The molecule has 134 valence electrons. The SMILES string of the molecule is CCOC(=O)CSc1nn(-c2ccccc2)c(-c2nn[nH]n2)c1[N+](=O)[O-]. The molecule has 0 amide bonds. The molecule has 0 radical (unpaired) electrons. The van der Waals surface area contributed by atoms with Crippen molar-refractivity contribution in [2.75, 3.05) is 12.4 Å². The van der Waals surface area contributed by atoms with Crippen LogP contribution in [0.3, 0.4) is 0 Å². The predicted molar refractivity (Wildman–Crippen MR) is 90.7 cm³/mol. The van der Waals surface area contributed by atoms with Crippen molar-refractivity contribution in [1.82, 2.24) is 30.4 Å². The van der Waals surface area contributed by atoms with Crippen molar-refractivity contribution >= 4 is 23.4 Å². The quantitative estimate of drug-likeness (QED) is 0.282. The Kier molecular flexibility index (Phi) is 5.22. The smallest absolute Gasteiger partial charge is 0.332 e. The van der Waals surface area contributed by atoms with E-state index in [1.807, 2.05) is 6.07 Å². The number of carbonyl (C=O) groups is 1. The Balaban J connectivity index is 2.10. The van der Waals surface area contributed by atoms with Gasteiger partial charge in [-0.2, -0.15) is 10.3 Å². The molecule has 11 nitrogen and oxygen atoms in total. The number of rotatable bonds is 7. The summed E-state index contributed by atoms with van der Waals surface area (Å²) in [5.74, 6) is -0.565. The number of aromatic amines is 1. The van der Waals surface area contributed by atoms with Crippen molar-refractivity contribution in [3.63, 3.8) is 0 Å². The number of tetrazole rings is 1. The van der Waals surface area contributed by atoms with Crippen LogP contribution in [0.25, 0.3) is 17.2 Å². The normalized spacial score (nSPS) is 10.7. The third kappa shape index (κ3) is 3.54. The molecule has 2 heterocycles. The summed E-state index contributed by atoms with van der Waals surface area (Å²) in [6.45, 7) is 1.91. The van der Waals surface area contributed by atoms with Gasteiger partial charge in [0.05, 0.1) is 23.0 Å². The first kappa shape index (κ1) is 17.5. The monoisotopic (exact) mass is 375 g/mol. The Labute approximate surface area is 150 Å². The van der Waals surface area contributed by atoms with E-state index < -0.39 is 10.9 Å². The average molecular weight is 375 g/mol. The van der Waals surface area contributed by atoms with E-state index in [1.54, 1.807) is 31.2 Å². The summed E-state index contributed by atoms with van der Waals surface area (Å²) in [7, 11) is 0. The largest absolute Gasteiger partial charge is 0.465 e. The van der Waals surface area contributed by atoms with E-state index in [0.717, 1.165) is 11.8 Å². The maximum atomic E-state index is 11.7. The van der Waals surface area contributed by atoms with Crippen LogP contribution in [0.15, 0.2) is 35.4 Å². The van der Waals surface area contributed by atoms with Crippen molar-refractivity contribution in [3.8, 4) is 17.2 Å². The van der Waals surface area contributed by atoms with Gasteiger partial charge in [0.25, 0.3) is 0 Å². The summed E-state index contributed by atoms with van der Waals surface area (Å²) >= 11 is 0.916. The lowest BCUT2D eigenvalue weighted by Gasteiger charge is -2.03. The lowest BCUT2D eigenvalue weighted by Crippen LogP contribution is -2.06. The van der Waals surface area contributed by atoms with Gasteiger partial charge in [-0.25, -0.2) is 4.68 Å². The van der Waals surface area contributed by atoms with Crippen LogP contribution in [0.5, 0.6) is 0 Å². The van der Waals surface area contributed by atoms with Crippen LogP contribution < -0.4 is 0 Å². The lowest BCUT2D eigenvalue weighted by atomic mass is 10.3. The van der Waals surface area contributed by atoms with Gasteiger partial charge in [-0.05, 0) is 24.3 Å². The molecule has 0 saturated heterocycles. The number of nitrogens with one attached hydrogen (secondary N) is 1. The number of benzene rings is 1. The van der Waals surface area contributed by atoms with Crippen LogP contribution in [-0.4, -0.2) is 53.7 Å². The highest BCUT2D eigenvalue weighted by molar-refractivity contribution is 8.00. The summed E-state index contributed by atoms with van der Waals surface area (Å²) < 4.78 is 6.21. The molecule has 3 aromatic rings. The summed E-state index contributed by atoms with van der Waals surface area (Å²) in [6, 6.07) is 8.83. The average Bonchev–Trinajstić information content (AvgIpc) is 3.28. The van der Waals surface area contributed by atoms with E-state index in [-0.39, 0.29) is 34.6 Å². The topological polar surface area (TPSA) is 142 Å². The van der Waals surface area contributed by atoms with Crippen LogP contribution in [0.2, 0.25) is 0 Å². The molecule has 1 N–H and O–H groups in total. The van der Waals surface area contributed by atoms with Gasteiger partial charge in [0.2, 0.25) is 5.82 Å². The van der Waals surface area contributed by atoms with Crippen molar-refractivity contribution in [3.05, 3.63) is 40.4 Å². The number of ether oxygens (including phenoxy) is 1. The van der Waals surface area contributed by atoms with E-state index >= 15 is 0 Å².